The van der Waals surface area contributed by atoms with Crippen LogP contribution in [-0.2, 0) is 46.4 Å². The molecule has 5 rings (SSSR count). The van der Waals surface area contributed by atoms with Crippen LogP contribution in [0.1, 0.15) is 82.8 Å². The maximum absolute atomic E-state index is 14.7. The second-order valence-corrected chi connectivity index (χ2v) is 16.6. The first-order chi connectivity index (χ1) is 30.7. The predicted octanol–water partition coefficient (Wildman–Crippen LogP) is 0.550. The van der Waals surface area contributed by atoms with E-state index in [1.54, 1.807) is 6.20 Å². The van der Waals surface area contributed by atoms with Crippen LogP contribution in [0.2, 0.25) is 0 Å². The molecule has 1 aromatic heterocycles. The second kappa shape index (κ2) is 23.3. The van der Waals surface area contributed by atoms with Gasteiger partial charge in [-0.25, -0.2) is 4.79 Å². The summed E-state index contributed by atoms with van der Waals surface area (Å²) in [4.78, 5) is 106. The van der Waals surface area contributed by atoms with E-state index >= 15 is 0 Å². The summed E-state index contributed by atoms with van der Waals surface area (Å²) in [5.74, 6) is -4.60. The Labute approximate surface area is 372 Å². The number of carboxylic acids is 1. The number of para-hydroxylation sites is 1. The highest BCUT2D eigenvalue weighted by Crippen LogP contribution is 2.27. The zero-order valence-corrected chi connectivity index (χ0v) is 36.6. The molecular weight excluding hydrogens is 823 g/mol. The number of hydrogen-bond acceptors (Lipinski definition) is 9. The molecule has 19 nitrogen and oxygen atoms in total. The van der Waals surface area contributed by atoms with Crippen LogP contribution in [0.4, 0.5) is 0 Å². The molecule has 0 spiro atoms. The maximum Gasteiger partial charge on any atom is 0.326 e. The molecule has 19 heteroatoms. The van der Waals surface area contributed by atoms with Crippen LogP contribution in [-0.4, -0.2) is 129 Å². The lowest BCUT2D eigenvalue weighted by atomic mass is 10.0. The third-order valence-corrected chi connectivity index (χ3v) is 11.8. The monoisotopic (exact) mass is 885 g/mol. The minimum atomic E-state index is -1.22. The van der Waals surface area contributed by atoms with Crippen molar-refractivity contribution in [2.24, 2.45) is 22.2 Å². The molecule has 64 heavy (non-hydrogen) atoms. The van der Waals surface area contributed by atoms with Crippen molar-refractivity contribution in [3.8, 4) is 0 Å². The van der Waals surface area contributed by atoms with E-state index in [1.165, 1.54) is 16.7 Å². The van der Waals surface area contributed by atoms with Gasteiger partial charge in [0.15, 0.2) is 5.96 Å². The van der Waals surface area contributed by atoms with E-state index in [2.05, 4.69) is 31.2 Å². The molecule has 7 atom stereocenters. The van der Waals surface area contributed by atoms with E-state index in [0.717, 1.165) is 28.5 Å². The van der Waals surface area contributed by atoms with Gasteiger partial charge in [-0.1, -0.05) is 68.3 Å². The Kier molecular flexibility index (Phi) is 17.6. The summed E-state index contributed by atoms with van der Waals surface area (Å²) in [5, 5.41) is 21.5. The lowest BCUT2D eigenvalue weighted by Gasteiger charge is -2.33. The molecule has 2 aliphatic rings. The molecule has 2 fully saturated rings. The van der Waals surface area contributed by atoms with Gasteiger partial charge in [0.2, 0.25) is 35.4 Å². The van der Waals surface area contributed by atoms with Gasteiger partial charge in [-0.3, -0.25) is 33.8 Å². The third-order valence-electron chi connectivity index (χ3n) is 11.8. The van der Waals surface area contributed by atoms with Crippen LogP contribution >= 0.6 is 0 Å². The topological polar surface area (TPSA) is 301 Å². The van der Waals surface area contributed by atoms with Crippen LogP contribution in [0.25, 0.3) is 10.9 Å². The van der Waals surface area contributed by atoms with Gasteiger partial charge >= 0.3 is 5.97 Å². The number of likely N-dealkylation sites (tertiary alicyclic amines) is 2. The van der Waals surface area contributed by atoms with Crippen LogP contribution in [0.3, 0.4) is 0 Å². The number of benzene rings is 2. The standard InChI is InChI=1S/C45H63N11O8/c1-3-4-17-33(44(63)64)52-41(60)36-19-11-22-55(36)43(62)37-20-12-23-56(37)42(61)35(24-28-13-6-5-7-14-28)54-40(59)34(25-29-26-50-32-18-9-8-15-30(29)32)53-38(57)27(2)51-39(58)31(46)16-10-21-49-45(47)48/h5-9,13-15,18,26-27,31,33-37,50H,3-4,10-12,16-17,19-25,46H2,1-2H3,(H,51,58)(H,52,60)(H,53,57)(H,54,59)(H,63,64)(H4,47,48,49)/t27-,31-,33-,34+,35-,36-,37+/m0/s1. The Morgan fingerprint density at radius 3 is 2.16 bits per heavy atom. The Balaban J connectivity index is 1.35. The number of aromatic nitrogens is 1. The second-order valence-electron chi connectivity index (χ2n) is 16.6. The fourth-order valence-electron chi connectivity index (χ4n) is 8.30. The summed E-state index contributed by atoms with van der Waals surface area (Å²) in [6.45, 7) is 4.17. The molecule has 0 aliphatic carbocycles. The molecule has 2 aromatic carbocycles. The summed E-state index contributed by atoms with van der Waals surface area (Å²) < 4.78 is 0. The number of carbonyl (C=O) groups is 7. The number of aliphatic imine (C=N–C) groups is 1. The summed E-state index contributed by atoms with van der Waals surface area (Å²) in [6.07, 6.45) is 5.85. The molecule has 6 amide bonds. The first-order valence-corrected chi connectivity index (χ1v) is 22.1. The largest absolute Gasteiger partial charge is 0.480 e. The van der Waals surface area contributed by atoms with Crippen molar-refractivity contribution in [2.75, 3.05) is 19.6 Å². The van der Waals surface area contributed by atoms with Crippen molar-refractivity contribution in [3.05, 3.63) is 71.9 Å². The summed E-state index contributed by atoms with van der Waals surface area (Å²) in [5.41, 5.74) is 19.1. The number of rotatable bonds is 22. The van der Waals surface area contributed by atoms with E-state index in [4.69, 9.17) is 17.2 Å². The van der Waals surface area contributed by atoms with Crippen molar-refractivity contribution in [1.82, 2.24) is 36.1 Å². The zero-order valence-electron chi connectivity index (χ0n) is 36.6. The molecule has 2 aliphatic heterocycles. The van der Waals surface area contributed by atoms with E-state index in [9.17, 15) is 38.7 Å². The van der Waals surface area contributed by atoms with E-state index in [1.807, 2.05) is 61.5 Å². The van der Waals surface area contributed by atoms with Crippen molar-refractivity contribution in [3.63, 3.8) is 0 Å². The normalized spacial score (nSPS) is 18.3. The molecule has 0 radical (unpaired) electrons. The van der Waals surface area contributed by atoms with Gasteiger partial charge in [0.05, 0.1) is 6.04 Å². The number of fused-ring (bicyclic) bond motifs is 1. The lowest BCUT2D eigenvalue weighted by molar-refractivity contribution is -0.148. The van der Waals surface area contributed by atoms with Gasteiger partial charge in [0.1, 0.15) is 36.3 Å². The first kappa shape index (κ1) is 48.5. The molecular formula is C45H63N11O8. The SMILES string of the molecule is CCCC[C@H](NC(=O)[C@@H]1CCCN1C(=O)[C@H]1CCCN1C(=O)[C@H](Cc1ccccc1)NC(=O)[C@@H](Cc1c[nH]c2ccccc12)NC(=O)[C@H](C)NC(=O)[C@@H](N)CCCN=C(N)N)C(=O)O. The van der Waals surface area contributed by atoms with E-state index in [0.29, 0.717) is 38.5 Å². The summed E-state index contributed by atoms with van der Waals surface area (Å²) in [6, 6.07) is 9.21. The molecule has 2 saturated heterocycles. The van der Waals surface area contributed by atoms with E-state index in [-0.39, 0.29) is 51.3 Å². The Morgan fingerprint density at radius 2 is 1.45 bits per heavy atom. The Hall–Kier alpha value is -6.50. The van der Waals surface area contributed by atoms with Gasteiger partial charge in [-0.2, -0.15) is 0 Å². The minimum absolute atomic E-state index is 0.0171. The number of amides is 6. The fourth-order valence-corrected chi connectivity index (χ4v) is 8.30. The van der Waals surface area contributed by atoms with Crippen molar-refractivity contribution < 1.29 is 38.7 Å². The number of H-pyrrole nitrogens is 1. The Bertz CT molecular complexity index is 2140. The highest BCUT2D eigenvalue weighted by Gasteiger charge is 2.44. The molecule has 346 valence electrons. The molecule has 3 aromatic rings. The maximum atomic E-state index is 14.7. The Morgan fingerprint density at radius 1 is 0.781 bits per heavy atom. The number of aliphatic carboxylic acids is 1. The molecule has 0 saturated carbocycles. The van der Waals surface area contributed by atoms with Gasteiger partial charge in [0.25, 0.3) is 0 Å². The highest BCUT2D eigenvalue weighted by molar-refractivity contribution is 5.98. The number of hydrogen-bond donors (Lipinski definition) is 9. The van der Waals surface area contributed by atoms with Crippen LogP contribution in [0.5, 0.6) is 0 Å². The van der Waals surface area contributed by atoms with Gasteiger partial charge in [0, 0.05) is 49.6 Å². The number of nitrogens with zero attached hydrogens (tertiary/aromatic N) is 3. The molecule has 0 unspecified atom stereocenters. The van der Waals surface area contributed by atoms with Crippen LogP contribution in [0, 0.1) is 0 Å². The first-order valence-electron chi connectivity index (χ1n) is 22.1. The highest BCUT2D eigenvalue weighted by atomic mass is 16.4. The van der Waals surface area contributed by atoms with Gasteiger partial charge in [-0.15, -0.1) is 0 Å². The number of nitrogens with one attached hydrogen (secondary N) is 5. The van der Waals surface area contributed by atoms with Crippen LogP contribution < -0.4 is 38.5 Å². The molecule has 0 bridgehead atoms. The lowest BCUT2D eigenvalue weighted by Crippen LogP contribution is -2.60. The number of unbranched alkanes of at least 4 members (excludes halogenated alkanes) is 1. The number of carboxylic acid groups (broad SMARTS) is 1. The number of carbonyl (C=O) groups excluding carboxylic acids is 6. The number of aromatic amines is 1. The van der Waals surface area contributed by atoms with Crippen molar-refractivity contribution >= 4 is 58.3 Å². The smallest absolute Gasteiger partial charge is 0.326 e. The average molecular weight is 886 g/mol. The minimum Gasteiger partial charge on any atom is -0.480 e. The van der Waals surface area contributed by atoms with Crippen molar-refractivity contribution in [2.45, 2.75) is 127 Å². The quantitative estimate of drug-likeness (QED) is 0.0381. The predicted molar refractivity (Wildman–Crippen MR) is 240 cm³/mol. The van der Waals surface area contributed by atoms with Gasteiger partial charge in [-0.05, 0) is 69.1 Å². The number of nitrogens with two attached hydrogens (primary N) is 3. The molecule has 12 N–H and O–H groups in total. The summed E-state index contributed by atoms with van der Waals surface area (Å²) in [7, 11) is 0. The van der Waals surface area contributed by atoms with Crippen LogP contribution in [0.15, 0.2) is 65.8 Å². The van der Waals surface area contributed by atoms with Gasteiger partial charge < -0.3 is 58.4 Å². The zero-order chi connectivity index (χ0) is 46.3. The number of guanidine groups is 1. The van der Waals surface area contributed by atoms with E-state index < -0.39 is 83.7 Å². The van der Waals surface area contributed by atoms with Crippen molar-refractivity contribution in [1.29, 1.82) is 0 Å². The fraction of sp³-hybridized carbons (Fsp3) is 0.511. The average Bonchev–Trinajstić information content (AvgIpc) is 4.07. The third kappa shape index (κ3) is 13.0. The summed E-state index contributed by atoms with van der Waals surface area (Å²) >= 11 is 0. The molecule has 3 heterocycles.